The van der Waals surface area contributed by atoms with Crippen molar-refractivity contribution in [1.82, 2.24) is 0 Å². The van der Waals surface area contributed by atoms with Gasteiger partial charge in [-0.3, -0.25) is 4.79 Å². The van der Waals surface area contributed by atoms with Gasteiger partial charge in [-0.05, 0) is 25.7 Å². The summed E-state index contributed by atoms with van der Waals surface area (Å²) >= 11 is 5.65. The molecule has 0 radical (unpaired) electrons. The molecule has 0 aromatic rings. The van der Waals surface area contributed by atoms with E-state index in [1.54, 1.807) is 0 Å². The van der Waals surface area contributed by atoms with Gasteiger partial charge in [0.1, 0.15) is 6.61 Å². The fourth-order valence-electron chi connectivity index (χ4n) is 3.77. The molecule has 0 amide bonds. The van der Waals surface area contributed by atoms with Crippen molar-refractivity contribution in [2.45, 2.75) is 65.2 Å². The van der Waals surface area contributed by atoms with E-state index in [1.807, 2.05) is 6.92 Å². The first-order chi connectivity index (χ1) is 21.8. The van der Waals surface area contributed by atoms with E-state index in [2.05, 4.69) is 6.92 Å². The van der Waals surface area contributed by atoms with Gasteiger partial charge in [0, 0.05) is 12.5 Å². The largest absolute Gasteiger partial charge is 0.463 e. The highest BCUT2D eigenvalue weighted by molar-refractivity contribution is 6.17. The Morgan fingerprint density at radius 3 is 1.14 bits per heavy atom. The fourth-order valence-corrected chi connectivity index (χ4v) is 3.96. The number of carbonyl (C=O) groups excluding carboxylic acids is 1. The molecule has 0 saturated carbocycles. The van der Waals surface area contributed by atoms with Crippen LogP contribution in [0.3, 0.4) is 0 Å². The summed E-state index contributed by atoms with van der Waals surface area (Å²) in [7, 11) is 0. The van der Waals surface area contributed by atoms with E-state index < -0.39 is 0 Å². The Hall–Kier alpha value is -0.600. The highest BCUT2D eigenvalue weighted by atomic mass is 35.5. The number of alkyl halides is 1. The Labute approximate surface area is 272 Å². The topological polar surface area (TPSA) is 109 Å². The third-order valence-electron chi connectivity index (χ3n) is 6.35. The molecular formula is C32H63ClO11. The van der Waals surface area contributed by atoms with Gasteiger partial charge < -0.3 is 47.4 Å². The molecule has 0 aliphatic heterocycles. The van der Waals surface area contributed by atoms with E-state index in [0.717, 1.165) is 51.0 Å². The van der Waals surface area contributed by atoms with Crippen molar-refractivity contribution in [3.05, 3.63) is 0 Å². The maximum atomic E-state index is 12.0. The molecule has 0 fully saturated rings. The third-order valence-corrected chi connectivity index (χ3v) is 6.62. The summed E-state index contributed by atoms with van der Waals surface area (Å²) in [5.41, 5.74) is 0. The number of carbonyl (C=O) groups is 1. The summed E-state index contributed by atoms with van der Waals surface area (Å²) in [6, 6.07) is 0. The molecule has 0 bridgehead atoms. The molecule has 264 valence electrons. The summed E-state index contributed by atoms with van der Waals surface area (Å²) in [4.78, 5) is 12.0. The Bertz CT molecular complexity index is 560. The van der Waals surface area contributed by atoms with Crippen LogP contribution in [0.1, 0.15) is 65.2 Å². The number of unbranched alkanes of at least 4 members (excludes halogenated alkanes) is 4. The van der Waals surface area contributed by atoms with Crippen molar-refractivity contribution >= 4 is 17.6 Å². The lowest BCUT2D eigenvalue weighted by Crippen LogP contribution is -2.20. The Morgan fingerprint density at radius 2 is 0.795 bits per heavy atom. The summed E-state index contributed by atoms with van der Waals surface area (Å²) in [6.45, 7) is 13.9. The Kier molecular flexibility index (Phi) is 38.1. The minimum absolute atomic E-state index is 0.000317. The van der Waals surface area contributed by atoms with Crippen molar-refractivity contribution in [2.24, 2.45) is 5.92 Å². The number of ether oxygens (including phenoxy) is 10. The Morgan fingerprint density at radius 1 is 0.455 bits per heavy atom. The molecule has 11 nitrogen and oxygen atoms in total. The zero-order valence-corrected chi connectivity index (χ0v) is 28.5. The van der Waals surface area contributed by atoms with Gasteiger partial charge in [-0.1, -0.05) is 39.5 Å². The number of halogens is 1. The number of rotatable bonds is 38. The van der Waals surface area contributed by atoms with Crippen LogP contribution in [0.2, 0.25) is 0 Å². The summed E-state index contributed by atoms with van der Waals surface area (Å²) in [6.07, 6.45) is 8.34. The SMILES string of the molecule is CCCCC(CC)C(=O)OCCOCCOCCOCCOCCOCCOCCOCCOCCOCCCCCCCl. The molecule has 1 atom stereocenters. The second-order valence-electron chi connectivity index (χ2n) is 10.0. The Balaban J connectivity index is 3.14. The number of esters is 1. The first-order valence-corrected chi connectivity index (χ1v) is 17.2. The average molecular weight is 659 g/mol. The van der Waals surface area contributed by atoms with Crippen LogP contribution in [0.5, 0.6) is 0 Å². The predicted molar refractivity (Wildman–Crippen MR) is 171 cm³/mol. The van der Waals surface area contributed by atoms with Gasteiger partial charge >= 0.3 is 5.97 Å². The molecule has 0 rings (SSSR count). The normalized spacial score (nSPS) is 12.2. The number of hydrogen-bond acceptors (Lipinski definition) is 11. The second-order valence-corrected chi connectivity index (χ2v) is 10.4. The number of hydrogen-bond donors (Lipinski definition) is 0. The van der Waals surface area contributed by atoms with Crippen LogP contribution in [0.25, 0.3) is 0 Å². The monoisotopic (exact) mass is 658 g/mol. The average Bonchev–Trinajstić information content (AvgIpc) is 3.03. The van der Waals surface area contributed by atoms with Gasteiger partial charge in [0.15, 0.2) is 0 Å². The van der Waals surface area contributed by atoms with Crippen LogP contribution in [-0.2, 0) is 52.2 Å². The van der Waals surface area contributed by atoms with Crippen molar-refractivity contribution in [3.8, 4) is 0 Å². The van der Waals surface area contributed by atoms with Gasteiger partial charge in [-0.15, -0.1) is 11.6 Å². The van der Waals surface area contributed by atoms with E-state index in [9.17, 15) is 4.79 Å². The smallest absolute Gasteiger partial charge is 0.308 e. The molecule has 0 aromatic carbocycles. The first-order valence-electron chi connectivity index (χ1n) is 16.7. The van der Waals surface area contributed by atoms with Gasteiger partial charge in [0.05, 0.1) is 118 Å². The van der Waals surface area contributed by atoms with Crippen LogP contribution < -0.4 is 0 Å². The fraction of sp³-hybridized carbons (Fsp3) is 0.969. The molecule has 44 heavy (non-hydrogen) atoms. The van der Waals surface area contributed by atoms with Crippen molar-refractivity contribution in [1.29, 1.82) is 0 Å². The van der Waals surface area contributed by atoms with E-state index >= 15 is 0 Å². The molecule has 0 aromatic heterocycles. The lowest BCUT2D eigenvalue weighted by molar-refractivity contribution is -0.150. The highest BCUT2D eigenvalue weighted by Crippen LogP contribution is 2.14. The van der Waals surface area contributed by atoms with Gasteiger partial charge in [0.25, 0.3) is 0 Å². The molecular weight excluding hydrogens is 596 g/mol. The lowest BCUT2D eigenvalue weighted by Gasteiger charge is -2.13. The van der Waals surface area contributed by atoms with Gasteiger partial charge in [-0.25, -0.2) is 0 Å². The van der Waals surface area contributed by atoms with E-state index in [1.165, 1.54) is 12.8 Å². The molecule has 0 aliphatic rings. The minimum atomic E-state index is -0.117. The van der Waals surface area contributed by atoms with Crippen LogP contribution in [0.15, 0.2) is 0 Å². The second kappa shape index (κ2) is 38.6. The van der Waals surface area contributed by atoms with Gasteiger partial charge in [-0.2, -0.15) is 0 Å². The van der Waals surface area contributed by atoms with Crippen LogP contribution in [0.4, 0.5) is 0 Å². The maximum Gasteiger partial charge on any atom is 0.308 e. The minimum Gasteiger partial charge on any atom is -0.463 e. The van der Waals surface area contributed by atoms with E-state index in [-0.39, 0.29) is 18.5 Å². The highest BCUT2D eigenvalue weighted by Gasteiger charge is 2.16. The third kappa shape index (κ3) is 34.3. The predicted octanol–water partition coefficient (Wildman–Crippen LogP) is 4.69. The standard InChI is InChI=1S/C32H63ClO11/c1-3-5-10-31(4-2)32(34)44-30-29-43-28-27-42-26-25-41-24-23-40-22-21-39-20-19-38-18-17-37-16-15-36-14-13-35-12-9-7-6-8-11-33/h31H,3-30H2,1-2H3. The molecule has 1 unspecified atom stereocenters. The summed E-state index contributed by atoms with van der Waals surface area (Å²) in [5.74, 6) is 0.625. The maximum absolute atomic E-state index is 12.0. The zero-order chi connectivity index (χ0) is 32.0. The quantitative estimate of drug-likeness (QED) is 0.0523. The zero-order valence-electron chi connectivity index (χ0n) is 27.7. The van der Waals surface area contributed by atoms with Crippen molar-refractivity contribution < 1.29 is 52.2 Å². The molecule has 0 saturated heterocycles. The summed E-state index contributed by atoms with van der Waals surface area (Å²) < 4.78 is 54.6. The molecule has 0 N–H and O–H groups in total. The van der Waals surface area contributed by atoms with E-state index in [0.29, 0.717) is 112 Å². The van der Waals surface area contributed by atoms with Crippen molar-refractivity contribution in [2.75, 3.05) is 131 Å². The lowest BCUT2D eigenvalue weighted by atomic mass is 10.00. The van der Waals surface area contributed by atoms with Crippen LogP contribution in [-0.4, -0.2) is 137 Å². The summed E-state index contributed by atoms with van der Waals surface area (Å²) in [5, 5.41) is 0. The van der Waals surface area contributed by atoms with E-state index in [4.69, 9.17) is 59.0 Å². The van der Waals surface area contributed by atoms with Crippen LogP contribution >= 0.6 is 11.6 Å². The first kappa shape index (κ1) is 43.4. The molecule has 0 heterocycles. The molecule has 12 heteroatoms. The van der Waals surface area contributed by atoms with Crippen molar-refractivity contribution in [3.63, 3.8) is 0 Å². The van der Waals surface area contributed by atoms with Crippen LogP contribution in [0, 0.1) is 5.92 Å². The molecule has 0 spiro atoms. The van der Waals surface area contributed by atoms with Gasteiger partial charge in [0.2, 0.25) is 0 Å². The molecule has 0 aliphatic carbocycles.